The first-order chi connectivity index (χ1) is 9.83. The van der Waals surface area contributed by atoms with Gasteiger partial charge in [0.15, 0.2) is 5.76 Å². The van der Waals surface area contributed by atoms with E-state index in [0.29, 0.717) is 0 Å². The molecule has 0 unspecified atom stereocenters. The molecule has 1 heterocycles. The van der Waals surface area contributed by atoms with Gasteiger partial charge in [0.1, 0.15) is 0 Å². The van der Waals surface area contributed by atoms with Crippen LogP contribution in [0.15, 0.2) is 53.1 Å². The van der Waals surface area contributed by atoms with Gasteiger partial charge in [0.2, 0.25) is 0 Å². The van der Waals surface area contributed by atoms with Gasteiger partial charge in [-0.2, -0.15) is 0 Å². The van der Waals surface area contributed by atoms with E-state index in [1.165, 1.54) is 22.3 Å². The molecule has 2 aromatic carbocycles. The van der Waals surface area contributed by atoms with Gasteiger partial charge < -0.3 is 4.52 Å². The maximum absolute atomic E-state index is 5.65. The van der Waals surface area contributed by atoms with Gasteiger partial charge in [-0.05, 0) is 30.9 Å². The van der Waals surface area contributed by atoms with Crippen LogP contribution in [0.1, 0.15) is 16.8 Å². The second-order valence-electron chi connectivity index (χ2n) is 5.36. The highest BCUT2D eigenvalue weighted by Gasteiger charge is 2.24. The summed E-state index contributed by atoms with van der Waals surface area (Å²) in [5.74, 6) is 0.896. The number of fused-ring (bicyclic) bond motifs is 3. The van der Waals surface area contributed by atoms with Crippen molar-refractivity contribution in [3.63, 3.8) is 0 Å². The number of aryl methyl sites for hydroxylation is 3. The standard InChI is InChI=1S/C18H15NO/c1-12-6-8-14(9-7-12)18-17-15-5-3-2-4-13(15)10-11-16(17)19-20-18/h2-9H,10-11H2,1H3. The van der Waals surface area contributed by atoms with E-state index < -0.39 is 0 Å². The lowest BCUT2D eigenvalue weighted by Crippen LogP contribution is -2.02. The van der Waals surface area contributed by atoms with Crippen molar-refractivity contribution in [2.75, 3.05) is 0 Å². The Balaban J connectivity index is 1.93. The summed E-state index contributed by atoms with van der Waals surface area (Å²) in [6.45, 7) is 2.09. The smallest absolute Gasteiger partial charge is 0.174 e. The number of hydrogen-bond donors (Lipinski definition) is 0. The van der Waals surface area contributed by atoms with Gasteiger partial charge in [-0.3, -0.25) is 0 Å². The first-order valence-electron chi connectivity index (χ1n) is 6.97. The molecule has 0 saturated heterocycles. The molecule has 0 radical (unpaired) electrons. The van der Waals surface area contributed by atoms with Crippen LogP contribution in [0.4, 0.5) is 0 Å². The molecule has 0 saturated carbocycles. The van der Waals surface area contributed by atoms with E-state index in [4.69, 9.17) is 4.52 Å². The SMILES string of the molecule is Cc1ccc(-c2onc3c2-c2ccccc2CC3)cc1. The third kappa shape index (κ3) is 1.68. The van der Waals surface area contributed by atoms with Crippen LogP contribution in [-0.4, -0.2) is 5.16 Å². The van der Waals surface area contributed by atoms with E-state index >= 15 is 0 Å². The summed E-state index contributed by atoms with van der Waals surface area (Å²) < 4.78 is 5.65. The Morgan fingerprint density at radius 2 is 1.75 bits per heavy atom. The van der Waals surface area contributed by atoms with Crippen LogP contribution in [-0.2, 0) is 12.8 Å². The predicted octanol–water partition coefficient (Wildman–Crippen LogP) is 4.42. The van der Waals surface area contributed by atoms with Crippen LogP contribution in [0, 0.1) is 6.92 Å². The van der Waals surface area contributed by atoms with Crippen molar-refractivity contribution in [1.82, 2.24) is 5.16 Å². The van der Waals surface area contributed by atoms with Gasteiger partial charge >= 0.3 is 0 Å². The third-order valence-electron chi connectivity index (χ3n) is 3.99. The van der Waals surface area contributed by atoms with E-state index in [1.807, 2.05) is 0 Å². The molecular weight excluding hydrogens is 246 g/mol. The van der Waals surface area contributed by atoms with Crippen molar-refractivity contribution < 1.29 is 4.52 Å². The molecule has 0 spiro atoms. The van der Waals surface area contributed by atoms with Gasteiger partial charge in [0.25, 0.3) is 0 Å². The molecule has 2 nitrogen and oxygen atoms in total. The molecule has 0 atom stereocenters. The Morgan fingerprint density at radius 1 is 0.950 bits per heavy atom. The first-order valence-corrected chi connectivity index (χ1v) is 6.97. The van der Waals surface area contributed by atoms with Gasteiger partial charge in [-0.15, -0.1) is 0 Å². The molecule has 1 aliphatic carbocycles. The van der Waals surface area contributed by atoms with Gasteiger partial charge in [-0.25, -0.2) is 0 Å². The zero-order chi connectivity index (χ0) is 13.5. The number of benzene rings is 2. The molecular formula is C18H15NO. The predicted molar refractivity (Wildman–Crippen MR) is 79.5 cm³/mol. The molecule has 0 amide bonds. The summed E-state index contributed by atoms with van der Waals surface area (Å²) in [5.41, 5.74) is 7.26. The monoisotopic (exact) mass is 261 g/mol. The number of hydrogen-bond acceptors (Lipinski definition) is 2. The number of rotatable bonds is 1. The summed E-state index contributed by atoms with van der Waals surface area (Å²) in [6.07, 6.45) is 2.00. The summed E-state index contributed by atoms with van der Waals surface area (Å²) in [7, 11) is 0. The third-order valence-corrected chi connectivity index (χ3v) is 3.99. The maximum atomic E-state index is 5.65. The average Bonchev–Trinajstić information content (AvgIpc) is 2.92. The van der Waals surface area contributed by atoms with E-state index in [0.717, 1.165) is 29.9 Å². The zero-order valence-corrected chi connectivity index (χ0v) is 11.4. The Hall–Kier alpha value is -2.35. The van der Waals surface area contributed by atoms with E-state index in [1.54, 1.807) is 0 Å². The molecule has 20 heavy (non-hydrogen) atoms. The van der Waals surface area contributed by atoms with Crippen molar-refractivity contribution in [2.45, 2.75) is 19.8 Å². The quantitative estimate of drug-likeness (QED) is 0.648. The minimum Gasteiger partial charge on any atom is -0.355 e. The van der Waals surface area contributed by atoms with Crippen LogP contribution in [0.5, 0.6) is 0 Å². The lowest BCUT2D eigenvalue weighted by Gasteiger charge is -2.15. The largest absolute Gasteiger partial charge is 0.355 e. The second kappa shape index (κ2) is 4.34. The van der Waals surface area contributed by atoms with Crippen molar-refractivity contribution in [2.24, 2.45) is 0 Å². The highest BCUT2D eigenvalue weighted by atomic mass is 16.5. The van der Waals surface area contributed by atoms with Gasteiger partial charge in [-0.1, -0.05) is 59.3 Å². The topological polar surface area (TPSA) is 26.0 Å². The molecule has 0 bridgehead atoms. The second-order valence-corrected chi connectivity index (χ2v) is 5.36. The number of aromatic nitrogens is 1. The van der Waals surface area contributed by atoms with Crippen molar-refractivity contribution >= 4 is 0 Å². The Bertz CT molecular complexity index is 768. The fraction of sp³-hybridized carbons (Fsp3) is 0.167. The fourth-order valence-corrected chi connectivity index (χ4v) is 2.91. The summed E-state index contributed by atoms with van der Waals surface area (Å²) in [4.78, 5) is 0. The van der Waals surface area contributed by atoms with Crippen molar-refractivity contribution in [1.29, 1.82) is 0 Å². The van der Waals surface area contributed by atoms with Crippen LogP contribution in [0.2, 0.25) is 0 Å². The summed E-state index contributed by atoms with van der Waals surface area (Å²) >= 11 is 0. The number of nitrogens with zero attached hydrogens (tertiary/aromatic N) is 1. The Morgan fingerprint density at radius 3 is 2.60 bits per heavy atom. The van der Waals surface area contributed by atoms with Crippen LogP contribution < -0.4 is 0 Å². The summed E-state index contributed by atoms with van der Waals surface area (Å²) in [5, 5.41) is 4.28. The molecule has 3 aromatic rings. The highest BCUT2D eigenvalue weighted by molar-refractivity contribution is 5.84. The highest BCUT2D eigenvalue weighted by Crippen LogP contribution is 2.40. The average molecular weight is 261 g/mol. The van der Waals surface area contributed by atoms with E-state index in [2.05, 4.69) is 60.6 Å². The molecule has 0 N–H and O–H groups in total. The Kier molecular flexibility index (Phi) is 2.49. The minimum atomic E-state index is 0.896. The molecule has 1 aromatic heterocycles. The van der Waals surface area contributed by atoms with Gasteiger partial charge in [0, 0.05) is 5.56 Å². The first kappa shape index (κ1) is 11.5. The van der Waals surface area contributed by atoms with Crippen molar-refractivity contribution in [3.8, 4) is 22.5 Å². The zero-order valence-electron chi connectivity index (χ0n) is 11.4. The lowest BCUT2D eigenvalue weighted by molar-refractivity contribution is 0.423. The molecule has 98 valence electrons. The fourth-order valence-electron chi connectivity index (χ4n) is 2.91. The molecule has 4 rings (SSSR count). The lowest BCUT2D eigenvalue weighted by atomic mass is 9.87. The minimum absolute atomic E-state index is 0.896. The van der Waals surface area contributed by atoms with Crippen LogP contribution in [0.25, 0.3) is 22.5 Å². The normalized spacial score (nSPS) is 12.8. The van der Waals surface area contributed by atoms with Crippen LogP contribution in [0.3, 0.4) is 0 Å². The van der Waals surface area contributed by atoms with Gasteiger partial charge in [0.05, 0.1) is 11.3 Å². The molecule has 1 aliphatic rings. The molecule has 2 heteroatoms. The molecule has 0 aliphatic heterocycles. The summed E-state index contributed by atoms with van der Waals surface area (Å²) in [6, 6.07) is 17.0. The maximum Gasteiger partial charge on any atom is 0.174 e. The van der Waals surface area contributed by atoms with E-state index in [-0.39, 0.29) is 0 Å². The molecule has 0 fully saturated rings. The van der Waals surface area contributed by atoms with Crippen LogP contribution >= 0.6 is 0 Å². The Labute approximate surface area is 118 Å². The van der Waals surface area contributed by atoms with E-state index in [9.17, 15) is 0 Å². The van der Waals surface area contributed by atoms with Crippen molar-refractivity contribution in [3.05, 3.63) is 65.4 Å².